The zero-order valence-electron chi connectivity index (χ0n) is 16.2. The summed E-state index contributed by atoms with van der Waals surface area (Å²) in [7, 11) is 0. The third-order valence-electron chi connectivity index (χ3n) is 5.57. The summed E-state index contributed by atoms with van der Waals surface area (Å²) >= 11 is 0. The highest BCUT2D eigenvalue weighted by Crippen LogP contribution is 2.31. The number of fused-ring (bicyclic) bond motifs is 2. The number of hydrogen-bond donors (Lipinski definition) is 0. The van der Waals surface area contributed by atoms with Gasteiger partial charge in [-0.25, -0.2) is 0 Å². The van der Waals surface area contributed by atoms with E-state index in [0.29, 0.717) is 0 Å². The summed E-state index contributed by atoms with van der Waals surface area (Å²) in [4.78, 5) is 0. The second-order valence-electron chi connectivity index (χ2n) is 7.71. The smallest absolute Gasteiger partial charge is 0.0171 e. The molecule has 0 spiro atoms. The van der Waals surface area contributed by atoms with Crippen LogP contribution >= 0.6 is 0 Å². The lowest BCUT2D eigenvalue weighted by Gasteiger charge is -2.09. The van der Waals surface area contributed by atoms with Crippen LogP contribution < -0.4 is 0 Å². The van der Waals surface area contributed by atoms with Crippen LogP contribution in [0.3, 0.4) is 0 Å². The van der Waals surface area contributed by atoms with E-state index in [0.717, 1.165) is 0 Å². The fourth-order valence-corrected chi connectivity index (χ4v) is 3.85. The van der Waals surface area contributed by atoms with Crippen LogP contribution in [0.2, 0.25) is 0 Å². The molecular formula is C28H22. The van der Waals surface area contributed by atoms with Crippen molar-refractivity contribution >= 4 is 21.5 Å². The Morgan fingerprint density at radius 2 is 0.679 bits per heavy atom. The first kappa shape index (κ1) is 16.8. The van der Waals surface area contributed by atoms with Crippen molar-refractivity contribution in [2.24, 2.45) is 0 Å². The molecule has 0 heteroatoms. The van der Waals surface area contributed by atoms with Crippen LogP contribution in [0.1, 0.15) is 11.1 Å². The van der Waals surface area contributed by atoms with Gasteiger partial charge in [0.25, 0.3) is 0 Å². The van der Waals surface area contributed by atoms with Gasteiger partial charge in [-0.15, -0.1) is 0 Å². The van der Waals surface area contributed by atoms with Gasteiger partial charge in [-0.3, -0.25) is 0 Å². The van der Waals surface area contributed by atoms with Crippen LogP contribution in [0.4, 0.5) is 0 Å². The zero-order chi connectivity index (χ0) is 19.1. The van der Waals surface area contributed by atoms with E-state index in [1.54, 1.807) is 0 Å². The Morgan fingerprint density at radius 3 is 1.07 bits per heavy atom. The molecule has 0 atom stereocenters. The maximum Gasteiger partial charge on any atom is -0.0171 e. The summed E-state index contributed by atoms with van der Waals surface area (Å²) < 4.78 is 0. The Hall–Kier alpha value is -3.38. The number of aryl methyl sites for hydroxylation is 2. The quantitative estimate of drug-likeness (QED) is 0.281. The molecule has 5 rings (SSSR count). The van der Waals surface area contributed by atoms with Gasteiger partial charge in [0.15, 0.2) is 0 Å². The fourth-order valence-electron chi connectivity index (χ4n) is 3.85. The Labute approximate surface area is 166 Å². The molecule has 0 unspecified atom stereocenters. The Kier molecular flexibility index (Phi) is 3.98. The molecule has 5 aromatic rings. The molecule has 28 heavy (non-hydrogen) atoms. The first-order chi connectivity index (χ1) is 13.7. The van der Waals surface area contributed by atoms with E-state index in [1.165, 1.54) is 54.9 Å². The number of benzene rings is 5. The maximum absolute atomic E-state index is 2.31. The van der Waals surface area contributed by atoms with Crippen LogP contribution in [-0.2, 0) is 0 Å². The molecule has 0 amide bonds. The summed E-state index contributed by atoms with van der Waals surface area (Å²) in [6.45, 7) is 4.25. The van der Waals surface area contributed by atoms with Crippen molar-refractivity contribution < 1.29 is 0 Å². The predicted octanol–water partition coefficient (Wildman–Crippen LogP) is 7.94. The van der Waals surface area contributed by atoms with Crippen molar-refractivity contribution in [3.05, 3.63) is 108 Å². The second-order valence-corrected chi connectivity index (χ2v) is 7.71. The Balaban J connectivity index is 1.60. The summed E-state index contributed by atoms with van der Waals surface area (Å²) in [5.74, 6) is 0. The number of rotatable bonds is 2. The normalized spacial score (nSPS) is 11.2. The first-order valence-corrected chi connectivity index (χ1v) is 9.77. The van der Waals surface area contributed by atoms with Gasteiger partial charge in [-0.2, -0.15) is 0 Å². The van der Waals surface area contributed by atoms with Crippen LogP contribution in [0.15, 0.2) is 97.1 Å². The molecule has 0 aliphatic rings. The largest absolute Gasteiger partial charge is 0.0587 e. The van der Waals surface area contributed by atoms with E-state index >= 15 is 0 Å². The highest BCUT2D eigenvalue weighted by Gasteiger charge is 2.04. The van der Waals surface area contributed by atoms with Crippen LogP contribution in [0, 0.1) is 13.8 Å². The summed E-state index contributed by atoms with van der Waals surface area (Å²) in [5, 5.41) is 5.14. The molecule has 0 N–H and O–H groups in total. The SMILES string of the molecule is Cc1ccc(-c2ccc3cc4cc(-c5ccc(C)cc5)ccc4cc3c2)cc1. The van der Waals surface area contributed by atoms with Gasteiger partial charge >= 0.3 is 0 Å². The number of hydrogen-bond acceptors (Lipinski definition) is 0. The van der Waals surface area contributed by atoms with E-state index in [-0.39, 0.29) is 0 Å². The van der Waals surface area contributed by atoms with Crippen LogP contribution in [0.25, 0.3) is 43.8 Å². The van der Waals surface area contributed by atoms with E-state index in [2.05, 4.69) is 111 Å². The third kappa shape index (κ3) is 3.08. The van der Waals surface area contributed by atoms with Crippen molar-refractivity contribution in [2.45, 2.75) is 13.8 Å². The van der Waals surface area contributed by atoms with Gasteiger partial charge in [0.05, 0.1) is 0 Å². The first-order valence-electron chi connectivity index (χ1n) is 9.77. The molecule has 0 saturated heterocycles. The molecule has 0 aliphatic heterocycles. The minimum Gasteiger partial charge on any atom is -0.0587 e. The highest BCUT2D eigenvalue weighted by atomic mass is 14.1. The van der Waals surface area contributed by atoms with Crippen LogP contribution in [0.5, 0.6) is 0 Å². The lowest BCUT2D eigenvalue weighted by molar-refractivity contribution is 1.47. The summed E-state index contributed by atoms with van der Waals surface area (Å²) in [6.07, 6.45) is 0. The van der Waals surface area contributed by atoms with Crippen molar-refractivity contribution in [2.75, 3.05) is 0 Å². The standard InChI is InChI=1S/C28H22/c1-19-3-7-21(8-4-19)23-11-13-25-18-28-16-24(22-9-5-20(2)6-10-22)12-14-26(28)17-27(25)15-23/h3-18H,1-2H3. The Morgan fingerprint density at radius 1 is 0.321 bits per heavy atom. The molecule has 0 nitrogen and oxygen atoms in total. The average molecular weight is 358 g/mol. The lowest BCUT2D eigenvalue weighted by Crippen LogP contribution is -1.83. The predicted molar refractivity (Wildman–Crippen MR) is 122 cm³/mol. The van der Waals surface area contributed by atoms with Gasteiger partial charge < -0.3 is 0 Å². The van der Waals surface area contributed by atoms with E-state index < -0.39 is 0 Å². The molecule has 5 aromatic carbocycles. The minimum atomic E-state index is 1.27. The van der Waals surface area contributed by atoms with Crippen molar-refractivity contribution in [1.82, 2.24) is 0 Å². The van der Waals surface area contributed by atoms with Gasteiger partial charge in [0, 0.05) is 0 Å². The van der Waals surface area contributed by atoms with E-state index in [9.17, 15) is 0 Å². The fraction of sp³-hybridized carbons (Fsp3) is 0.0714. The van der Waals surface area contributed by atoms with Crippen molar-refractivity contribution in [3.8, 4) is 22.3 Å². The van der Waals surface area contributed by atoms with Gasteiger partial charge in [-0.1, -0.05) is 83.9 Å². The Bertz CT molecular complexity index is 1190. The third-order valence-corrected chi connectivity index (χ3v) is 5.57. The monoisotopic (exact) mass is 358 g/mol. The second kappa shape index (κ2) is 6.65. The molecule has 0 saturated carbocycles. The maximum atomic E-state index is 2.31. The molecule has 0 bridgehead atoms. The average Bonchev–Trinajstić information content (AvgIpc) is 2.72. The summed E-state index contributed by atoms with van der Waals surface area (Å²) in [6, 6.07) is 35.6. The van der Waals surface area contributed by atoms with Crippen molar-refractivity contribution in [3.63, 3.8) is 0 Å². The van der Waals surface area contributed by atoms with Crippen LogP contribution in [-0.4, -0.2) is 0 Å². The molecule has 0 fully saturated rings. The van der Waals surface area contributed by atoms with Gasteiger partial charge in [0.1, 0.15) is 0 Å². The molecular weight excluding hydrogens is 336 g/mol. The topological polar surface area (TPSA) is 0 Å². The zero-order valence-corrected chi connectivity index (χ0v) is 16.2. The molecule has 134 valence electrons. The van der Waals surface area contributed by atoms with E-state index in [4.69, 9.17) is 0 Å². The van der Waals surface area contributed by atoms with Gasteiger partial charge in [0.2, 0.25) is 0 Å². The molecule has 0 aliphatic carbocycles. The minimum absolute atomic E-state index is 1.27. The highest BCUT2D eigenvalue weighted by molar-refractivity contribution is 6.01. The molecule has 0 aromatic heterocycles. The van der Waals surface area contributed by atoms with Gasteiger partial charge in [-0.05, 0) is 81.9 Å². The molecule has 0 radical (unpaired) electrons. The van der Waals surface area contributed by atoms with Crippen molar-refractivity contribution in [1.29, 1.82) is 0 Å². The van der Waals surface area contributed by atoms with E-state index in [1.807, 2.05) is 0 Å². The summed E-state index contributed by atoms with van der Waals surface area (Å²) in [5.41, 5.74) is 7.65. The molecule has 0 heterocycles. The lowest BCUT2D eigenvalue weighted by atomic mass is 9.96.